The highest BCUT2D eigenvalue weighted by Gasteiger charge is 2.38. The second kappa shape index (κ2) is 12.4. The van der Waals surface area contributed by atoms with Crippen molar-refractivity contribution in [3.63, 3.8) is 0 Å². The van der Waals surface area contributed by atoms with Crippen molar-refractivity contribution < 1.29 is 27.5 Å². The van der Waals surface area contributed by atoms with E-state index in [1.54, 1.807) is 12.1 Å². The maximum atomic E-state index is 14.4. The maximum absolute atomic E-state index is 14.4. The number of rotatable bonds is 9. The fraction of sp³-hybridized carbons (Fsp3) is 0.433. The van der Waals surface area contributed by atoms with Crippen molar-refractivity contribution in [2.75, 3.05) is 11.4 Å². The minimum absolute atomic E-state index is 0.0994. The van der Waals surface area contributed by atoms with E-state index in [1.165, 1.54) is 0 Å². The van der Waals surface area contributed by atoms with Gasteiger partial charge in [0.2, 0.25) is 5.92 Å². The summed E-state index contributed by atoms with van der Waals surface area (Å²) in [6.45, 7) is 2.66. The van der Waals surface area contributed by atoms with Crippen LogP contribution in [0.4, 0.5) is 28.9 Å². The summed E-state index contributed by atoms with van der Waals surface area (Å²) in [4.78, 5) is 14.0. The summed E-state index contributed by atoms with van der Waals surface area (Å²) in [7, 11) is 0. The second-order valence-electron chi connectivity index (χ2n) is 10.4. The van der Waals surface area contributed by atoms with Crippen molar-refractivity contribution in [1.29, 1.82) is 0 Å². The summed E-state index contributed by atoms with van der Waals surface area (Å²) in [5, 5.41) is 9.55. The normalized spacial score (nSPS) is 22.1. The van der Waals surface area contributed by atoms with Crippen molar-refractivity contribution in [2.45, 2.75) is 68.6 Å². The first-order valence-corrected chi connectivity index (χ1v) is 14.0. The first-order chi connectivity index (χ1) is 18.5. The lowest BCUT2D eigenvalue weighted by Gasteiger charge is -2.38. The lowest BCUT2D eigenvalue weighted by molar-refractivity contribution is -0.133. The lowest BCUT2D eigenvalue weighted by Crippen LogP contribution is -2.34. The molecule has 0 heterocycles. The van der Waals surface area contributed by atoms with Gasteiger partial charge in [-0.1, -0.05) is 43.1 Å². The first kappa shape index (κ1) is 29.5. The van der Waals surface area contributed by atoms with Crippen molar-refractivity contribution in [2.24, 2.45) is 11.8 Å². The highest BCUT2D eigenvalue weighted by Crippen LogP contribution is 2.44. The van der Waals surface area contributed by atoms with Gasteiger partial charge < -0.3 is 10.0 Å². The molecule has 210 valence electrons. The van der Waals surface area contributed by atoms with Gasteiger partial charge in [-0.3, -0.25) is 0 Å². The van der Waals surface area contributed by atoms with Gasteiger partial charge in [0.1, 0.15) is 0 Å². The molecule has 1 N–H and O–H groups in total. The number of carboxylic acids is 1. The van der Waals surface area contributed by atoms with Gasteiger partial charge >= 0.3 is 5.97 Å². The Bertz CT molecular complexity index is 1240. The molecule has 0 spiro atoms. The van der Waals surface area contributed by atoms with Crippen LogP contribution in [0, 0.1) is 11.8 Å². The number of allylic oxidation sites excluding steroid dienone is 3. The summed E-state index contributed by atoms with van der Waals surface area (Å²) >= 11 is 11.4. The van der Waals surface area contributed by atoms with E-state index in [2.05, 4.69) is 11.8 Å². The second-order valence-corrected chi connectivity index (χ2v) is 11.3. The number of nitrogens with zero attached hydrogens (tertiary/aromatic N) is 1. The summed E-state index contributed by atoms with van der Waals surface area (Å²) in [5.41, 5.74) is 1.39. The molecule has 0 aliphatic heterocycles. The topological polar surface area (TPSA) is 40.5 Å². The third-order valence-electron chi connectivity index (χ3n) is 7.71. The third-order valence-corrected chi connectivity index (χ3v) is 8.38. The minimum Gasteiger partial charge on any atom is -0.478 e. The Hall–Kier alpha value is -2.45. The fourth-order valence-electron chi connectivity index (χ4n) is 5.62. The van der Waals surface area contributed by atoms with Gasteiger partial charge in [-0.05, 0) is 73.1 Å². The first-order valence-electron chi connectivity index (χ1n) is 13.2. The van der Waals surface area contributed by atoms with E-state index in [1.807, 2.05) is 30.3 Å². The summed E-state index contributed by atoms with van der Waals surface area (Å²) in [6.07, 6.45) is 0.289. The maximum Gasteiger partial charge on any atom is 0.334 e. The van der Waals surface area contributed by atoms with Crippen molar-refractivity contribution in [1.82, 2.24) is 0 Å². The Morgan fingerprint density at radius 3 is 2.46 bits per heavy atom. The van der Waals surface area contributed by atoms with Crippen LogP contribution in [0.1, 0.15) is 51.0 Å². The largest absolute Gasteiger partial charge is 0.478 e. The van der Waals surface area contributed by atoms with E-state index in [0.29, 0.717) is 35.5 Å². The molecular formula is C30H32ClF4NO2S. The van der Waals surface area contributed by atoms with Crippen LogP contribution in [0.2, 0.25) is 5.02 Å². The van der Waals surface area contributed by atoms with Gasteiger partial charge in [0.15, 0.2) is 12.3 Å². The van der Waals surface area contributed by atoms with E-state index in [0.717, 1.165) is 30.7 Å². The van der Waals surface area contributed by atoms with Crippen LogP contribution in [0.25, 0.3) is 5.57 Å². The average Bonchev–Trinajstić information content (AvgIpc) is 2.90. The molecule has 0 saturated heterocycles. The zero-order valence-corrected chi connectivity index (χ0v) is 23.2. The van der Waals surface area contributed by atoms with Crippen LogP contribution in [0.3, 0.4) is 0 Å². The van der Waals surface area contributed by atoms with Gasteiger partial charge in [0.25, 0.3) is 0 Å². The molecule has 1 fully saturated rings. The molecular weight excluding hydrogens is 550 g/mol. The molecule has 9 heteroatoms. The molecule has 2 aliphatic rings. The Balaban J connectivity index is 1.71. The number of hydrogen-bond acceptors (Lipinski definition) is 3. The third kappa shape index (κ3) is 6.83. The van der Waals surface area contributed by atoms with Gasteiger partial charge in [-0.15, -0.1) is 12.6 Å². The van der Waals surface area contributed by atoms with E-state index in [4.69, 9.17) is 24.2 Å². The number of carboxylic acid groups (broad SMARTS) is 1. The molecule has 3 nitrogen and oxygen atoms in total. The molecule has 4 rings (SSSR count). The molecule has 1 saturated carbocycles. The molecule has 2 aromatic carbocycles. The Kier molecular flexibility index (Phi) is 9.37. The Labute approximate surface area is 237 Å². The molecule has 0 bridgehead atoms. The quantitative estimate of drug-likeness (QED) is 0.229. The molecule has 0 amide bonds. The molecule has 2 aromatic rings. The molecule has 0 aromatic heterocycles. The highest BCUT2D eigenvalue weighted by atomic mass is 35.5. The van der Waals surface area contributed by atoms with Gasteiger partial charge in [0.05, 0.1) is 16.3 Å². The zero-order chi connectivity index (χ0) is 28.3. The van der Waals surface area contributed by atoms with E-state index < -0.39 is 29.8 Å². The Morgan fingerprint density at radius 2 is 1.85 bits per heavy atom. The average molecular weight is 582 g/mol. The molecule has 39 heavy (non-hydrogen) atoms. The number of para-hydroxylation sites is 1. The standard InChI is InChI=1S/C30H32ClF4NO2S/c1-2-6-19(18-9-11-30(34,35)12-10-18)17-36(21-7-4-3-5-8-21)26-16-24(31)22(15-27(26)39)20-13-23(29(37)38)28(33)25(32)14-20/h3-5,7-8,13-16,18-19,25,28,39H,2,6,9-12,17H2,1H3,(H,37,38)/t19-,25?,28?/m0/s1. The molecule has 3 atom stereocenters. The molecule has 2 unspecified atom stereocenters. The Morgan fingerprint density at radius 1 is 1.18 bits per heavy atom. The van der Waals surface area contributed by atoms with E-state index >= 15 is 0 Å². The smallest absolute Gasteiger partial charge is 0.334 e. The number of aliphatic carboxylic acids is 1. The minimum atomic E-state index is -2.60. The van der Waals surface area contributed by atoms with Crippen LogP contribution in [-0.4, -0.2) is 35.9 Å². The number of anilines is 2. The van der Waals surface area contributed by atoms with Crippen LogP contribution in [0.15, 0.2) is 65.1 Å². The molecule has 2 aliphatic carbocycles. The highest BCUT2D eigenvalue weighted by molar-refractivity contribution is 7.80. The number of thiol groups is 1. The predicted molar refractivity (Wildman–Crippen MR) is 151 cm³/mol. The van der Waals surface area contributed by atoms with Gasteiger partial charge in [0, 0.05) is 35.5 Å². The van der Waals surface area contributed by atoms with Crippen molar-refractivity contribution >= 4 is 47.1 Å². The van der Waals surface area contributed by atoms with Crippen molar-refractivity contribution in [3.8, 4) is 0 Å². The van der Waals surface area contributed by atoms with E-state index in [-0.39, 0.29) is 35.3 Å². The summed E-state index contributed by atoms with van der Waals surface area (Å²) < 4.78 is 56.3. The lowest BCUT2D eigenvalue weighted by atomic mass is 9.76. The number of halogens is 5. The predicted octanol–water partition coefficient (Wildman–Crippen LogP) is 9.09. The van der Waals surface area contributed by atoms with Crippen LogP contribution in [0.5, 0.6) is 0 Å². The number of alkyl halides is 4. The molecule has 0 radical (unpaired) electrons. The van der Waals surface area contributed by atoms with E-state index in [9.17, 15) is 27.5 Å². The van der Waals surface area contributed by atoms with Crippen molar-refractivity contribution in [3.05, 3.63) is 70.8 Å². The van der Waals surface area contributed by atoms with Crippen LogP contribution < -0.4 is 4.90 Å². The number of carbonyl (C=O) groups is 1. The van der Waals surface area contributed by atoms with Crippen LogP contribution in [-0.2, 0) is 4.79 Å². The monoisotopic (exact) mass is 581 g/mol. The number of hydrogen-bond donors (Lipinski definition) is 2. The number of benzene rings is 2. The van der Waals surface area contributed by atoms with Gasteiger partial charge in [-0.25, -0.2) is 22.4 Å². The van der Waals surface area contributed by atoms with Gasteiger partial charge in [-0.2, -0.15) is 0 Å². The SMILES string of the molecule is CCC[C@@H](CN(c1ccccc1)c1cc(Cl)c(C2=CC(F)C(F)C(C(=O)O)=C2)cc1S)C1CCC(F)(F)CC1. The fourth-order valence-corrected chi connectivity index (χ4v) is 6.21. The summed E-state index contributed by atoms with van der Waals surface area (Å²) in [5.74, 6) is -3.81. The van der Waals surface area contributed by atoms with Crippen LogP contribution >= 0.6 is 24.2 Å². The zero-order valence-electron chi connectivity index (χ0n) is 21.6. The summed E-state index contributed by atoms with van der Waals surface area (Å²) in [6, 6.07) is 12.9.